The molecule has 0 bridgehead atoms. The van der Waals surface area contributed by atoms with Crippen LogP contribution in [0.25, 0.3) is 22.2 Å². The van der Waals surface area contributed by atoms with Crippen LogP contribution < -0.4 is 10.1 Å². The summed E-state index contributed by atoms with van der Waals surface area (Å²) in [6.45, 7) is 4.08. The third-order valence-electron chi connectivity index (χ3n) is 4.55. The second kappa shape index (κ2) is 6.64. The molecule has 3 N–H and O–H groups in total. The molecule has 2 aromatic heterocycles. The van der Waals surface area contributed by atoms with E-state index in [2.05, 4.69) is 26.6 Å². The molecule has 1 amide bonds. The quantitative estimate of drug-likeness (QED) is 0.503. The highest BCUT2D eigenvalue weighted by atomic mass is 16.5. The maximum Gasteiger partial charge on any atom is 0.273 e. The number of ether oxygens (including phenoxy) is 1. The van der Waals surface area contributed by atoms with Gasteiger partial charge in [0.15, 0.2) is 5.82 Å². The van der Waals surface area contributed by atoms with Gasteiger partial charge in [-0.2, -0.15) is 5.10 Å². The van der Waals surface area contributed by atoms with Crippen molar-refractivity contribution in [3.05, 3.63) is 65.4 Å². The Hall–Kier alpha value is -3.54. The first-order valence-electron chi connectivity index (χ1n) is 8.65. The first-order valence-corrected chi connectivity index (χ1v) is 8.65. The van der Waals surface area contributed by atoms with Crippen molar-refractivity contribution in [2.75, 3.05) is 12.4 Å². The van der Waals surface area contributed by atoms with E-state index in [1.54, 1.807) is 13.2 Å². The SMILES string of the molecule is COc1ccccc1-c1cc(NC(=O)c2cc3c(C)cc(C)cc3[nH]2)n[nH]1. The fourth-order valence-corrected chi connectivity index (χ4v) is 3.30. The van der Waals surface area contributed by atoms with Gasteiger partial charge in [-0.05, 0) is 49.2 Å². The Morgan fingerprint density at radius 2 is 1.93 bits per heavy atom. The Labute approximate surface area is 156 Å². The fourth-order valence-electron chi connectivity index (χ4n) is 3.30. The number of aromatic nitrogens is 3. The van der Waals surface area contributed by atoms with Crippen LogP contribution >= 0.6 is 0 Å². The molecule has 0 aliphatic rings. The van der Waals surface area contributed by atoms with E-state index in [4.69, 9.17) is 4.74 Å². The predicted molar refractivity (Wildman–Crippen MR) is 106 cm³/mol. The maximum atomic E-state index is 12.6. The Morgan fingerprint density at radius 3 is 2.74 bits per heavy atom. The van der Waals surface area contributed by atoms with E-state index in [1.807, 2.05) is 50.2 Å². The number of H-pyrrole nitrogens is 2. The van der Waals surface area contributed by atoms with Crippen molar-refractivity contribution in [1.29, 1.82) is 0 Å². The summed E-state index contributed by atoms with van der Waals surface area (Å²) >= 11 is 0. The fraction of sp³-hybridized carbons (Fsp3) is 0.143. The number of anilines is 1. The predicted octanol–water partition coefficient (Wildman–Crippen LogP) is 4.44. The van der Waals surface area contributed by atoms with Gasteiger partial charge in [0.1, 0.15) is 11.4 Å². The first-order chi connectivity index (χ1) is 13.0. The summed E-state index contributed by atoms with van der Waals surface area (Å²) < 4.78 is 5.37. The van der Waals surface area contributed by atoms with Crippen LogP contribution in [0.15, 0.2) is 48.5 Å². The Balaban J connectivity index is 1.59. The molecule has 0 aliphatic heterocycles. The van der Waals surface area contributed by atoms with E-state index in [9.17, 15) is 4.79 Å². The Kier molecular flexibility index (Phi) is 4.16. The minimum atomic E-state index is -0.235. The average Bonchev–Trinajstić information content (AvgIpc) is 3.28. The molecule has 0 unspecified atom stereocenters. The number of nitrogens with zero attached hydrogens (tertiary/aromatic N) is 1. The van der Waals surface area contributed by atoms with Crippen molar-refractivity contribution in [2.24, 2.45) is 0 Å². The van der Waals surface area contributed by atoms with E-state index >= 15 is 0 Å². The lowest BCUT2D eigenvalue weighted by molar-refractivity contribution is 0.102. The van der Waals surface area contributed by atoms with Gasteiger partial charge < -0.3 is 15.0 Å². The second-order valence-electron chi connectivity index (χ2n) is 6.55. The van der Waals surface area contributed by atoms with Crippen molar-refractivity contribution in [2.45, 2.75) is 13.8 Å². The number of carbonyl (C=O) groups excluding carboxylic acids is 1. The zero-order valence-electron chi connectivity index (χ0n) is 15.4. The minimum Gasteiger partial charge on any atom is -0.496 e. The second-order valence-corrected chi connectivity index (χ2v) is 6.55. The van der Waals surface area contributed by atoms with Crippen LogP contribution in [0.4, 0.5) is 5.82 Å². The summed E-state index contributed by atoms with van der Waals surface area (Å²) in [6, 6.07) is 15.4. The number of amides is 1. The van der Waals surface area contributed by atoms with Gasteiger partial charge in [-0.15, -0.1) is 0 Å². The monoisotopic (exact) mass is 360 g/mol. The van der Waals surface area contributed by atoms with Crippen LogP contribution in [-0.4, -0.2) is 28.2 Å². The molecular formula is C21H20N4O2. The molecule has 0 radical (unpaired) electrons. The van der Waals surface area contributed by atoms with Crippen molar-refractivity contribution in [3.63, 3.8) is 0 Å². The normalized spacial score (nSPS) is 10.9. The number of carbonyl (C=O) groups is 1. The number of methoxy groups -OCH3 is 1. The van der Waals surface area contributed by atoms with Gasteiger partial charge >= 0.3 is 0 Å². The number of aryl methyl sites for hydroxylation is 2. The van der Waals surface area contributed by atoms with Crippen molar-refractivity contribution >= 4 is 22.6 Å². The molecule has 0 fully saturated rings. The van der Waals surface area contributed by atoms with Crippen LogP contribution in [0.2, 0.25) is 0 Å². The summed E-state index contributed by atoms with van der Waals surface area (Å²) in [4.78, 5) is 15.8. The highest BCUT2D eigenvalue weighted by Gasteiger charge is 2.14. The number of rotatable bonds is 4. The number of benzene rings is 2. The highest BCUT2D eigenvalue weighted by Crippen LogP contribution is 2.29. The molecule has 0 spiro atoms. The number of hydrogen-bond acceptors (Lipinski definition) is 3. The molecule has 136 valence electrons. The lowest BCUT2D eigenvalue weighted by atomic mass is 10.1. The zero-order valence-corrected chi connectivity index (χ0v) is 15.4. The smallest absolute Gasteiger partial charge is 0.273 e. The van der Waals surface area contributed by atoms with Gasteiger partial charge in [0.25, 0.3) is 5.91 Å². The number of para-hydroxylation sites is 1. The average molecular weight is 360 g/mol. The molecular weight excluding hydrogens is 340 g/mol. The summed E-state index contributed by atoms with van der Waals surface area (Å²) in [6.07, 6.45) is 0. The summed E-state index contributed by atoms with van der Waals surface area (Å²) in [5.74, 6) is 0.953. The largest absolute Gasteiger partial charge is 0.496 e. The number of fused-ring (bicyclic) bond motifs is 1. The summed E-state index contributed by atoms with van der Waals surface area (Å²) in [5.41, 5.74) is 5.39. The van der Waals surface area contributed by atoms with Gasteiger partial charge in [-0.3, -0.25) is 9.89 Å². The number of hydrogen-bond donors (Lipinski definition) is 3. The van der Waals surface area contributed by atoms with Gasteiger partial charge in [-0.25, -0.2) is 0 Å². The maximum absolute atomic E-state index is 12.6. The van der Waals surface area contributed by atoms with Gasteiger partial charge in [0, 0.05) is 22.5 Å². The van der Waals surface area contributed by atoms with Gasteiger partial charge in [0.2, 0.25) is 0 Å². The molecule has 6 nitrogen and oxygen atoms in total. The van der Waals surface area contributed by atoms with Crippen LogP contribution in [0.5, 0.6) is 5.75 Å². The molecule has 0 aliphatic carbocycles. The Bertz CT molecular complexity index is 1140. The highest BCUT2D eigenvalue weighted by molar-refractivity contribution is 6.06. The third-order valence-corrected chi connectivity index (χ3v) is 4.55. The van der Waals surface area contributed by atoms with E-state index in [0.29, 0.717) is 11.5 Å². The van der Waals surface area contributed by atoms with Crippen molar-refractivity contribution in [3.8, 4) is 17.0 Å². The van der Waals surface area contributed by atoms with E-state index < -0.39 is 0 Å². The lowest BCUT2D eigenvalue weighted by Gasteiger charge is -2.05. The van der Waals surface area contributed by atoms with Crippen molar-refractivity contribution in [1.82, 2.24) is 15.2 Å². The first kappa shape index (κ1) is 16.9. The van der Waals surface area contributed by atoms with Crippen LogP contribution in [0.1, 0.15) is 21.6 Å². The van der Waals surface area contributed by atoms with E-state index in [0.717, 1.165) is 39.0 Å². The molecule has 0 saturated carbocycles. The molecule has 4 rings (SSSR count). The van der Waals surface area contributed by atoms with Crippen LogP contribution in [0, 0.1) is 13.8 Å². The Morgan fingerprint density at radius 1 is 1.11 bits per heavy atom. The molecule has 27 heavy (non-hydrogen) atoms. The molecule has 2 aromatic carbocycles. The third kappa shape index (κ3) is 3.17. The molecule has 0 atom stereocenters. The topological polar surface area (TPSA) is 82.8 Å². The molecule has 6 heteroatoms. The van der Waals surface area contributed by atoms with Crippen LogP contribution in [0.3, 0.4) is 0 Å². The van der Waals surface area contributed by atoms with E-state index in [1.165, 1.54) is 0 Å². The van der Waals surface area contributed by atoms with Crippen LogP contribution in [-0.2, 0) is 0 Å². The standard InChI is InChI=1S/C21H20N4O2/c1-12-8-13(2)15-10-18(22-16(15)9-12)21(26)23-20-11-17(24-25-20)14-6-4-5-7-19(14)27-3/h4-11,22H,1-3H3,(H2,23,24,25,26). The summed E-state index contributed by atoms with van der Waals surface area (Å²) in [7, 11) is 1.62. The minimum absolute atomic E-state index is 0.235. The lowest BCUT2D eigenvalue weighted by Crippen LogP contribution is -2.12. The van der Waals surface area contributed by atoms with Crippen molar-refractivity contribution < 1.29 is 9.53 Å². The molecule has 4 aromatic rings. The van der Waals surface area contributed by atoms with Gasteiger partial charge in [-0.1, -0.05) is 18.2 Å². The zero-order chi connectivity index (χ0) is 19.0. The molecule has 2 heterocycles. The van der Waals surface area contributed by atoms with Gasteiger partial charge in [0.05, 0.1) is 12.8 Å². The summed E-state index contributed by atoms with van der Waals surface area (Å²) in [5, 5.41) is 11.0. The number of aromatic amines is 2. The number of nitrogens with one attached hydrogen (secondary N) is 3. The molecule has 0 saturated heterocycles. The van der Waals surface area contributed by atoms with E-state index in [-0.39, 0.29) is 5.91 Å².